The fourth-order valence-electron chi connectivity index (χ4n) is 2.57. The quantitative estimate of drug-likeness (QED) is 0.677. The molecule has 1 aromatic carbocycles. The van der Waals surface area contributed by atoms with Crippen LogP contribution in [0, 0.1) is 0 Å². The highest BCUT2D eigenvalue weighted by molar-refractivity contribution is 7.09. The van der Waals surface area contributed by atoms with Gasteiger partial charge in [0.2, 0.25) is 5.91 Å². The van der Waals surface area contributed by atoms with Crippen molar-refractivity contribution in [3.8, 4) is 5.75 Å². The Labute approximate surface area is 164 Å². The molecule has 0 unspecified atom stereocenters. The summed E-state index contributed by atoms with van der Waals surface area (Å²) >= 11 is 1.59. The van der Waals surface area contributed by atoms with Crippen molar-refractivity contribution in [1.29, 1.82) is 0 Å². The summed E-state index contributed by atoms with van der Waals surface area (Å²) in [5.74, 6) is 0.308. The number of benzene rings is 1. The van der Waals surface area contributed by atoms with E-state index in [1.54, 1.807) is 36.6 Å². The second-order valence-corrected chi connectivity index (χ2v) is 6.87. The SMILES string of the molecule is CCOCc1cc(C(=O)N(CC)CC(=O)NCc2cccs2)ccc1OC. The maximum Gasteiger partial charge on any atom is 0.254 e. The average molecular weight is 391 g/mol. The number of hydrogen-bond acceptors (Lipinski definition) is 5. The summed E-state index contributed by atoms with van der Waals surface area (Å²) in [6.45, 7) is 5.65. The second-order valence-electron chi connectivity index (χ2n) is 5.84. The van der Waals surface area contributed by atoms with Crippen LogP contribution in [0.5, 0.6) is 5.75 Å². The first-order chi connectivity index (χ1) is 13.1. The van der Waals surface area contributed by atoms with Crippen molar-refractivity contribution in [3.05, 3.63) is 51.7 Å². The van der Waals surface area contributed by atoms with Gasteiger partial charge >= 0.3 is 0 Å². The van der Waals surface area contributed by atoms with Gasteiger partial charge in [-0.2, -0.15) is 0 Å². The monoisotopic (exact) mass is 390 g/mol. The average Bonchev–Trinajstić information content (AvgIpc) is 3.21. The highest BCUT2D eigenvalue weighted by Crippen LogP contribution is 2.21. The number of carbonyl (C=O) groups is 2. The Morgan fingerprint density at radius 2 is 2.04 bits per heavy atom. The Bertz CT molecular complexity index is 746. The molecule has 0 saturated carbocycles. The van der Waals surface area contributed by atoms with Gasteiger partial charge in [-0.3, -0.25) is 9.59 Å². The molecule has 0 aliphatic rings. The first-order valence-electron chi connectivity index (χ1n) is 8.92. The third-order valence-corrected chi connectivity index (χ3v) is 4.91. The van der Waals surface area contributed by atoms with E-state index in [1.165, 1.54) is 4.90 Å². The van der Waals surface area contributed by atoms with Crippen molar-refractivity contribution < 1.29 is 19.1 Å². The van der Waals surface area contributed by atoms with Crippen LogP contribution < -0.4 is 10.1 Å². The van der Waals surface area contributed by atoms with E-state index < -0.39 is 0 Å². The number of amides is 2. The number of likely N-dealkylation sites (N-methyl/N-ethyl adjacent to an activating group) is 1. The molecule has 2 amide bonds. The lowest BCUT2D eigenvalue weighted by Crippen LogP contribution is -2.40. The van der Waals surface area contributed by atoms with Crippen molar-refractivity contribution in [2.75, 3.05) is 26.8 Å². The van der Waals surface area contributed by atoms with Crippen molar-refractivity contribution in [1.82, 2.24) is 10.2 Å². The maximum absolute atomic E-state index is 12.8. The lowest BCUT2D eigenvalue weighted by Gasteiger charge is -2.21. The summed E-state index contributed by atoms with van der Waals surface area (Å²) in [4.78, 5) is 27.6. The number of rotatable bonds is 10. The van der Waals surface area contributed by atoms with Crippen molar-refractivity contribution in [2.45, 2.75) is 27.0 Å². The minimum atomic E-state index is -0.191. The number of thiophene rings is 1. The number of nitrogens with zero attached hydrogens (tertiary/aromatic N) is 1. The van der Waals surface area contributed by atoms with Crippen molar-refractivity contribution in [3.63, 3.8) is 0 Å². The molecular weight excluding hydrogens is 364 g/mol. The Morgan fingerprint density at radius 3 is 2.67 bits per heavy atom. The Morgan fingerprint density at radius 1 is 1.22 bits per heavy atom. The van der Waals surface area contributed by atoms with Gasteiger partial charge in [-0.05, 0) is 43.5 Å². The molecule has 6 nitrogen and oxygen atoms in total. The van der Waals surface area contributed by atoms with Gasteiger partial charge in [0.05, 0.1) is 26.8 Å². The zero-order valence-corrected chi connectivity index (χ0v) is 16.8. The topological polar surface area (TPSA) is 67.9 Å². The van der Waals surface area contributed by atoms with E-state index in [1.807, 2.05) is 31.4 Å². The largest absolute Gasteiger partial charge is 0.496 e. The molecule has 0 saturated heterocycles. The molecule has 0 atom stereocenters. The number of hydrogen-bond donors (Lipinski definition) is 1. The van der Waals surface area contributed by atoms with Crippen LogP contribution in [0.4, 0.5) is 0 Å². The molecule has 146 valence electrons. The molecule has 0 radical (unpaired) electrons. The number of nitrogens with one attached hydrogen (secondary N) is 1. The summed E-state index contributed by atoms with van der Waals surface area (Å²) in [7, 11) is 1.59. The molecule has 0 aliphatic carbocycles. The normalized spacial score (nSPS) is 10.5. The Balaban J connectivity index is 2.03. The van der Waals surface area contributed by atoms with Crippen LogP contribution in [0.15, 0.2) is 35.7 Å². The minimum absolute atomic E-state index is 0.0214. The second kappa shape index (κ2) is 10.7. The van der Waals surface area contributed by atoms with Crippen LogP contribution in [0.1, 0.15) is 34.6 Å². The lowest BCUT2D eigenvalue weighted by molar-refractivity contribution is -0.121. The number of ether oxygens (including phenoxy) is 2. The fourth-order valence-corrected chi connectivity index (χ4v) is 3.22. The first-order valence-corrected chi connectivity index (χ1v) is 9.80. The third-order valence-electron chi connectivity index (χ3n) is 4.03. The fraction of sp³-hybridized carbons (Fsp3) is 0.400. The van der Waals surface area contributed by atoms with Crippen molar-refractivity contribution >= 4 is 23.2 Å². The summed E-state index contributed by atoms with van der Waals surface area (Å²) in [6.07, 6.45) is 0. The van der Waals surface area contributed by atoms with Crippen LogP contribution in [0.2, 0.25) is 0 Å². The van der Waals surface area contributed by atoms with Crippen LogP contribution in [-0.2, 0) is 22.7 Å². The van der Waals surface area contributed by atoms with Gasteiger partial charge in [-0.1, -0.05) is 6.07 Å². The van der Waals surface area contributed by atoms with Gasteiger partial charge in [0.25, 0.3) is 5.91 Å². The van der Waals surface area contributed by atoms with Gasteiger partial charge in [0.15, 0.2) is 0 Å². The van der Waals surface area contributed by atoms with E-state index in [2.05, 4.69) is 5.32 Å². The molecular formula is C20H26N2O4S. The molecule has 0 spiro atoms. The zero-order valence-electron chi connectivity index (χ0n) is 16.0. The summed E-state index contributed by atoms with van der Waals surface area (Å²) < 4.78 is 10.8. The van der Waals surface area contributed by atoms with E-state index in [9.17, 15) is 9.59 Å². The predicted molar refractivity (Wildman–Crippen MR) is 106 cm³/mol. The van der Waals surface area contributed by atoms with Gasteiger partial charge in [-0.15, -0.1) is 11.3 Å². The minimum Gasteiger partial charge on any atom is -0.496 e. The van der Waals surface area contributed by atoms with E-state index in [4.69, 9.17) is 9.47 Å². The van der Waals surface area contributed by atoms with Crippen LogP contribution in [0.3, 0.4) is 0 Å². The van der Waals surface area contributed by atoms with E-state index in [0.29, 0.717) is 37.6 Å². The standard InChI is InChI=1S/C20H26N2O4S/c1-4-22(13-19(23)21-12-17-7-6-10-27-17)20(24)15-8-9-18(25-3)16(11-15)14-26-5-2/h6-11H,4-5,12-14H2,1-3H3,(H,21,23). The molecule has 0 fully saturated rings. The highest BCUT2D eigenvalue weighted by Gasteiger charge is 2.19. The van der Waals surface area contributed by atoms with E-state index in [0.717, 1.165) is 10.4 Å². The lowest BCUT2D eigenvalue weighted by atomic mass is 10.1. The Hall–Kier alpha value is -2.38. The first kappa shape index (κ1) is 20.9. The van der Waals surface area contributed by atoms with Crippen molar-refractivity contribution in [2.24, 2.45) is 0 Å². The summed E-state index contributed by atoms with van der Waals surface area (Å²) in [5.41, 5.74) is 1.32. The molecule has 1 heterocycles. The van der Waals surface area contributed by atoms with E-state index >= 15 is 0 Å². The number of carbonyl (C=O) groups excluding carboxylic acids is 2. The molecule has 1 aromatic heterocycles. The summed E-state index contributed by atoms with van der Waals surface area (Å²) in [6, 6.07) is 9.14. The molecule has 0 aliphatic heterocycles. The highest BCUT2D eigenvalue weighted by atomic mass is 32.1. The maximum atomic E-state index is 12.8. The van der Waals surface area contributed by atoms with Crippen LogP contribution in [-0.4, -0.2) is 43.5 Å². The molecule has 2 rings (SSSR count). The van der Waals surface area contributed by atoms with Crippen LogP contribution >= 0.6 is 11.3 Å². The molecule has 27 heavy (non-hydrogen) atoms. The van der Waals surface area contributed by atoms with Gasteiger partial charge < -0.3 is 19.7 Å². The molecule has 2 aromatic rings. The Kier molecular flexibility index (Phi) is 8.29. The number of methoxy groups -OCH3 is 1. The molecule has 7 heteroatoms. The van der Waals surface area contributed by atoms with Gasteiger partial charge in [-0.25, -0.2) is 0 Å². The van der Waals surface area contributed by atoms with Crippen LogP contribution in [0.25, 0.3) is 0 Å². The summed E-state index contributed by atoms with van der Waals surface area (Å²) in [5, 5.41) is 4.82. The zero-order chi connectivity index (χ0) is 19.6. The molecule has 1 N–H and O–H groups in total. The van der Waals surface area contributed by atoms with Gasteiger partial charge in [0, 0.05) is 29.2 Å². The third kappa shape index (κ3) is 6.08. The van der Waals surface area contributed by atoms with Gasteiger partial charge in [0.1, 0.15) is 5.75 Å². The molecule has 0 bridgehead atoms. The smallest absolute Gasteiger partial charge is 0.254 e. The predicted octanol–water partition coefficient (Wildman–Crippen LogP) is 3.07. The van der Waals surface area contributed by atoms with E-state index in [-0.39, 0.29) is 18.4 Å².